The molecule has 1 aromatic carbocycles. The number of amides is 1. The van der Waals surface area contributed by atoms with Crippen molar-refractivity contribution in [2.75, 3.05) is 6.61 Å². The molecule has 0 saturated heterocycles. The molecule has 0 bridgehead atoms. The molecule has 0 aromatic heterocycles. The van der Waals surface area contributed by atoms with Crippen molar-refractivity contribution in [3.05, 3.63) is 28.7 Å². The van der Waals surface area contributed by atoms with Crippen molar-refractivity contribution >= 4 is 27.8 Å². The first-order valence-corrected chi connectivity index (χ1v) is 6.60. The summed E-state index contributed by atoms with van der Waals surface area (Å²) in [5.41, 5.74) is 0. The van der Waals surface area contributed by atoms with Gasteiger partial charge < -0.3 is 15.2 Å². The summed E-state index contributed by atoms with van der Waals surface area (Å²) in [5, 5.41) is 11.4. The first kappa shape index (κ1) is 15.5. The predicted molar refractivity (Wildman–Crippen MR) is 74.0 cm³/mol. The van der Waals surface area contributed by atoms with Crippen LogP contribution in [0.5, 0.6) is 5.75 Å². The lowest BCUT2D eigenvalue weighted by molar-refractivity contribution is -0.142. The van der Waals surface area contributed by atoms with Gasteiger partial charge in [-0.25, -0.2) is 0 Å². The molecular formula is C13H16BrNO4. The lowest BCUT2D eigenvalue weighted by Gasteiger charge is -2.18. The van der Waals surface area contributed by atoms with E-state index in [2.05, 4.69) is 21.2 Å². The Hall–Kier alpha value is -1.56. The van der Waals surface area contributed by atoms with Gasteiger partial charge in [0.25, 0.3) is 5.91 Å². The largest absolute Gasteiger partial charge is 0.483 e. The van der Waals surface area contributed by atoms with Crippen LogP contribution in [0.25, 0.3) is 0 Å². The first-order valence-electron chi connectivity index (χ1n) is 5.81. The van der Waals surface area contributed by atoms with Gasteiger partial charge in [0.2, 0.25) is 0 Å². The van der Waals surface area contributed by atoms with Crippen LogP contribution in [0.2, 0.25) is 0 Å². The lowest BCUT2D eigenvalue weighted by atomic mass is 10.0. The van der Waals surface area contributed by atoms with Gasteiger partial charge in [0.15, 0.2) is 6.61 Å². The average Bonchev–Trinajstić information content (AvgIpc) is 2.36. The second-order valence-electron chi connectivity index (χ2n) is 4.20. The van der Waals surface area contributed by atoms with Crippen LogP contribution in [0.1, 0.15) is 13.8 Å². The highest BCUT2D eigenvalue weighted by Gasteiger charge is 2.21. The number of nitrogens with one attached hydrogen (secondary N) is 1. The Balaban J connectivity index is 2.44. The van der Waals surface area contributed by atoms with Crippen LogP contribution in [0.3, 0.4) is 0 Å². The van der Waals surface area contributed by atoms with Crippen molar-refractivity contribution in [2.45, 2.75) is 19.9 Å². The van der Waals surface area contributed by atoms with Crippen molar-refractivity contribution in [1.29, 1.82) is 0 Å². The van der Waals surface area contributed by atoms with E-state index in [0.29, 0.717) is 5.75 Å². The van der Waals surface area contributed by atoms with Gasteiger partial charge >= 0.3 is 5.97 Å². The number of carbonyl (C=O) groups is 2. The molecule has 0 aliphatic heterocycles. The molecule has 2 unspecified atom stereocenters. The summed E-state index contributed by atoms with van der Waals surface area (Å²) in [6, 6.07) is 6.73. The van der Waals surface area contributed by atoms with Gasteiger partial charge in [-0.2, -0.15) is 0 Å². The molecule has 104 valence electrons. The zero-order valence-corrected chi connectivity index (χ0v) is 12.3. The van der Waals surface area contributed by atoms with E-state index in [9.17, 15) is 9.59 Å². The van der Waals surface area contributed by atoms with Crippen LogP contribution in [0.15, 0.2) is 28.7 Å². The second-order valence-corrected chi connectivity index (χ2v) is 5.06. The summed E-state index contributed by atoms with van der Waals surface area (Å²) < 4.78 is 6.09. The SMILES string of the molecule is CC(NC(=O)COc1ccccc1Br)C(C)C(=O)O. The van der Waals surface area contributed by atoms with E-state index in [1.54, 1.807) is 26.0 Å². The highest BCUT2D eigenvalue weighted by molar-refractivity contribution is 9.10. The van der Waals surface area contributed by atoms with Crippen LogP contribution in [-0.4, -0.2) is 29.6 Å². The van der Waals surface area contributed by atoms with Crippen LogP contribution >= 0.6 is 15.9 Å². The molecule has 0 saturated carbocycles. The average molecular weight is 330 g/mol. The summed E-state index contributed by atoms with van der Waals surface area (Å²) in [5.74, 6) is -1.38. The summed E-state index contributed by atoms with van der Waals surface area (Å²) in [7, 11) is 0. The van der Waals surface area contributed by atoms with E-state index in [1.807, 2.05) is 12.1 Å². The number of carboxylic acids is 1. The molecule has 0 heterocycles. The summed E-state index contributed by atoms with van der Waals surface area (Å²) in [6.45, 7) is 3.04. The Morgan fingerprint density at radius 3 is 2.58 bits per heavy atom. The molecule has 5 nitrogen and oxygen atoms in total. The molecule has 0 radical (unpaired) electrons. The molecular weight excluding hydrogens is 314 g/mol. The van der Waals surface area contributed by atoms with E-state index in [0.717, 1.165) is 4.47 Å². The van der Waals surface area contributed by atoms with Crippen molar-refractivity contribution in [2.24, 2.45) is 5.92 Å². The summed E-state index contributed by atoms with van der Waals surface area (Å²) >= 11 is 3.31. The minimum absolute atomic E-state index is 0.153. The normalized spacial score (nSPS) is 13.4. The molecule has 1 aromatic rings. The molecule has 19 heavy (non-hydrogen) atoms. The number of hydrogen-bond acceptors (Lipinski definition) is 3. The molecule has 0 fully saturated rings. The molecule has 0 aliphatic carbocycles. The van der Waals surface area contributed by atoms with Gasteiger partial charge in [-0.05, 0) is 41.9 Å². The number of aliphatic carboxylic acids is 1. The van der Waals surface area contributed by atoms with Gasteiger partial charge in [-0.1, -0.05) is 12.1 Å². The fourth-order valence-electron chi connectivity index (χ4n) is 1.34. The van der Waals surface area contributed by atoms with Gasteiger partial charge in [0.1, 0.15) is 5.75 Å². The minimum Gasteiger partial charge on any atom is -0.483 e. The number of para-hydroxylation sites is 1. The fraction of sp³-hybridized carbons (Fsp3) is 0.385. The number of carboxylic acid groups (broad SMARTS) is 1. The maximum absolute atomic E-state index is 11.6. The van der Waals surface area contributed by atoms with Crippen LogP contribution in [-0.2, 0) is 9.59 Å². The molecule has 6 heteroatoms. The van der Waals surface area contributed by atoms with Crippen LogP contribution < -0.4 is 10.1 Å². The molecule has 0 aliphatic rings. The van der Waals surface area contributed by atoms with Gasteiger partial charge in [-0.3, -0.25) is 9.59 Å². The molecule has 2 N–H and O–H groups in total. The van der Waals surface area contributed by atoms with E-state index in [-0.39, 0.29) is 12.5 Å². The lowest BCUT2D eigenvalue weighted by Crippen LogP contribution is -2.42. The summed E-state index contributed by atoms with van der Waals surface area (Å²) in [6.07, 6.45) is 0. The third-order valence-electron chi connectivity index (χ3n) is 2.72. The second kappa shape index (κ2) is 7.13. The highest BCUT2D eigenvalue weighted by Crippen LogP contribution is 2.23. The summed E-state index contributed by atoms with van der Waals surface area (Å²) in [4.78, 5) is 22.4. The van der Waals surface area contributed by atoms with Gasteiger partial charge in [0.05, 0.1) is 10.4 Å². The van der Waals surface area contributed by atoms with E-state index in [4.69, 9.17) is 9.84 Å². The maximum Gasteiger partial charge on any atom is 0.308 e. The Kier molecular flexibility index (Phi) is 5.82. The predicted octanol–water partition coefficient (Wildman–Crippen LogP) is 2.05. The number of hydrogen-bond donors (Lipinski definition) is 2. The minimum atomic E-state index is -0.945. The maximum atomic E-state index is 11.6. The van der Waals surface area contributed by atoms with Gasteiger partial charge in [0, 0.05) is 6.04 Å². The molecule has 1 amide bonds. The molecule has 2 atom stereocenters. The monoisotopic (exact) mass is 329 g/mol. The fourth-order valence-corrected chi connectivity index (χ4v) is 1.74. The van der Waals surface area contributed by atoms with E-state index < -0.39 is 17.9 Å². The van der Waals surface area contributed by atoms with E-state index in [1.165, 1.54) is 0 Å². The Morgan fingerprint density at radius 1 is 1.37 bits per heavy atom. The molecule has 0 spiro atoms. The van der Waals surface area contributed by atoms with E-state index >= 15 is 0 Å². The zero-order chi connectivity index (χ0) is 14.4. The number of carbonyl (C=O) groups excluding carboxylic acids is 1. The first-order chi connectivity index (χ1) is 8.91. The van der Waals surface area contributed by atoms with Gasteiger partial charge in [-0.15, -0.1) is 0 Å². The molecule has 1 rings (SSSR count). The quantitative estimate of drug-likeness (QED) is 0.837. The van der Waals surface area contributed by atoms with Crippen molar-refractivity contribution in [3.8, 4) is 5.75 Å². The smallest absolute Gasteiger partial charge is 0.308 e. The third kappa shape index (κ3) is 4.90. The van der Waals surface area contributed by atoms with Crippen molar-refractivity contribution in [3.63, 3.8) is 0 Å². The topological polar surface area (TPSA) is 75.6 Å². The van der Waals surface area contributed by atoms with Crippen LogP contribution in [0, 0.1) is 5.92 Å². The Bertz CT molecular complexity index is 464. The third-order valence-corrected chi connectivity index (χ3v) is 3.38. The van der Waals surface area contributed by atoms with Crippen molar-refractivity contribution < 1.29 is 19.4 Å². The highest BCUT2D eigenvalue weighted by atomic mass is 79.9. The van der Waals surface area contributed by atoms with Crippen molar-refractivity contribution in [1.82, 2.24) is 5.32 Å². The zero-order valence-electron chi connectivity index (χ0n) is 10.7. The number of halogens is 1. The Labute approximate surface area is 120 Å². The number of rotatable bonds is 6. The Morgan fingerprint density at radius 2 is 2.00 bits per heavy atom. The standard InChI is InChI=1S/C13H16BrNO4/c1-8(13(17)18)9(2)15-12(16)7-19-11-6-4-3-5-10(11)14/h3-6,8-9H,7H2,1-2H3,(H,15,16)(H,17,18). The van der Waals surface area contributed by atoms with Crippen LogP contribution in [0.4, 0.5) is 0 Å². The number of benzene rings is 1. The number of ether oxygens (including phenoxy) is 1.